The van der Waals surface area contributed by atoms with E-state index in [1.54, 1.807) is 24.4 Å². The van der Waals surface area contributed by atoms with Gasteiger partial charge in [0.2, 0.25) is 0 Å². The molecule has 3 aliphatic rings. The van der Waals surface area contributed by atoms with Gasteiger partial charge >= 0.3 is 6.09 Å². The summed E-state index contributed by atoms with van der Waals surface area (Å²) in [6, 6.07) is 4.95. The summed E-state index contributed by atoms with van der Waals surface area (Å²) in [6.07, 6.45) is 5.64. The lowest BCUT2D eigenvalue weighted by atomic mass is 9.94. The topological polar surface area (TPSA) is 86.2 Å². The minimum absolute atomic E-state index is 0.0593. The zero-order chi connectivity index (χ0) is 27.7. The second kappa shape index (κ2) is 11.1. The Balaban J connectivity index is 1.32. The largest absolute Gasteiger partial charge is 0.467 e. The molecule has 210 valence electrons. The molecule has 9 nitrogen and oxygen atoms in total. The monoisotopic (exact) mass is 540 g/mol. The minimum atomic E-state index is -1.22. The first-order valence-corrected chi connectivity index (χ1v) is 13.4. The molecule has 0 saturated carbocycles. The Morgan fingerprint density at radius 2 is 2.05 bits per heavy atom. The lowest BCUT2D eigenvalue weighted by Crippen LogP contribution is -2.59. The van der Waals surface area contributed by atoms with Crippen LogP contribution in [-0.4, -0.2) is 85.0 Å². The number of benzene rings is 1. The van der Waals surface area contributed by atoms with E-state index in [4.69, 9.17) is 18.9 Å². The quantitative estimate of drug-likeness (QED) is 0.461. The minimum Gasteiger partial charge on any atom is -0.467 e. The van der Waals surface area contributed by atoms with Gasteiger partial charge in [-0.2, -0.15) is 0 Å². The average Bonchev–Trinajstić information content (AvgIpc) is 3.56. The van der Waals surface area contributed by atoms with Gasteiger partial charge in [0, 0.05) is 25.8 Å². The van der Waals surface area contributed by atoms with Gasteiger partial charge in [-0.3, -0.25) is 9.88 Å². The Labute approximate surface area is 228 Å². The fourth-order valence-electron chi connectivity index (χ4n) is 5.67. The summed E-state index contributed by atoms with van der Waals surface area (Å²) in [5, 5.41) is 0. The van der Waals surface area contributed by atoms with Crippen molar-refractivity contribution in [2.75, 3.05) is 39.1 Å². The predicted octanol–water partition coefficient (Wildman–Crippen LogP) is 4.85. The average molecular weight is 541 g/mol. The second-order valence-electron chi connectivity index (χ2n) is 11.3. The number of aromatic nitrogens is 2. The van der Waals surface area contributed by atoms with Gasteiger partial charge in [0.15, 0.2) is 6.79 Å². The number of carbonyl (C=O) groups is 1. The molecule has 0 aliphatic carbocycles. The van der Waals surface area contributed by atoms with Crippen LogP contribution < -0.4 is 9.64 Å². The third kappa shape index (κ3) is 5.72. The van der Waals surface area contributed by atoms with E-state index in [9.17, 15) is 4.79 Å². The predicted molar refractivity (Wildman–Crippen MR) is 145 cm³/mol. The van der Waals surface area contributed by atoms with Gasteiger partial charge in [0.25, 0.3) is 0 Å². The van der Waals surface area contributed by atoms with Crippen LogP contribution >= 0.6 is 0 Å². The molecule has 1 aromatic carbocycles. The number of anilines is 1. The van der Waals surface area contributed by atoms with Gasteiger partial charge in [-0.15, -0.1) is 0 Å². The molecule has 2 fully saturated rings. The highest BCUT2D eigenvalue weighted by atomic mass is 19.1. The number of halogens is 1. The van der Waals surface area contributed by atoms with Crippen molar-refractivity contribution < 1.29 is 28.1 Å². The first-order chi connectivity index (χ1) is 18.7. The van der Waals surface area contributed by atoms with Crippen LogP contribution in [0, 0.1) is 0 Å². The molecule has 1 amide bonds. The summed E-state index contributed by atoms with van der Waals surface area (Å²) in [7, 11) is 3.41. The van der Waals surface area contributed by atoms with Crippen molar-refractivity contribution in [1.82, 2.24) is 14.9 Å². The molecular formula is C29H37FN4O5. The van der Waals surface area contributed by atoms with E-state index in [0.717, 1.165) is 23.1 Å². The van der Waals surface area contributed by atoms with Crippen LogP contribution in [0.4, 0.5) is 15.0 Å². The van der Waals surface area contributed by atoms with Crippen molar-refractivity contribution in [2.24, 2.45) is 0 Å². The van der Waals surface area contributed by atoms with Crippen molar-refractivity contribution in [3.63, 3.8) is 0 Å². The van der Waals surface area contributed by atoms with Crippen molar-refractivity contribution in [3.05, 3.63) is 42.2 Å². The highest BCUT2D eigenvalue weighted by Crippen LogP contribution is 2.41. The van der Waals surface area contributed by atoms with E-state index >= 15 is 4.39 Å². The highest BCUT2D eigenvalue weighted by molar-refractivity contribution is 5.75. The van der Waals surface area contributed by atoms with Gasteiger partial charge in [-0.05, 0) is 63.3 Å². The summed E-state index contributed by atoms with van der Waals surface area (Å²) in [4.78, 5) is 25.5. The van der Waals surface area contributed by atoms with Crippen molar-refractivity contribution in [1.29, 1.82) is 0 Å². The number of hydrogen-bond donors (Lipinski definition) is 0. The van der Waals surface area contributed by atoms with Crippen molar-refractivity contribution >= 4 is 17.5 Å². The summed E-state index contributed by atoms with van der Waals surface area (Å²) in [5.74, 6) is 1.20. The van der Waals surface area contributed by atoms with E-state index in [1.807, 2.05) is 50.9 Å². The third-order valence-electron chi connectivity index (χ3n) is 7.56. The van der Waals surface area contributed by atoms with Crippen molar-refractivity contribution in [3.8, 4) is 17.0 Å². The number of alkyl halides is 1. The molecular weight excluding hydrogens is 503 g/mol. The number of methoxy groups -OCH3 is 1. The molecule has 4 heterocycles. The zero-order valence-corrected chi connectivity index (χ0v) is 23.2. The van der Waals surface area contributed by atoms with Gasteiger partial charge in [-0.1, -0.05) is 12.1 Å². The first kappa shape index (κ1) is 27.3. The van der Waals surface area contributed by atoms with Crippen LogP contribution in [-0.2, 0) is 14.2 Å². The number of fused-ring (bicyclic) bond motifs is 2. The maximum atomic E-state index is 15.8. The number of piperidine rings is 1. The molecule has 2 aromatic rings. The number of ether oxygens (including phenoxy) is 4. The van der Waals surface area contributed by atoms with Gasteiger partial charge in [-0.25, -0.2) is 14.2 Å². The van der Waals surface area contributed by atoms with E-state index in [2.05, 4.69) is 16.0 Å². The molecule has 39 heavy (non-hydrogen) atoms. The number of hydrogen-bond acceptors (Lipinski definition) is 8. The van der Waals surface area contributed by atoms with E-state index in [1.165, 1.54) is 0 Å². The molecule has 3 aliphatic heterocycles. The SMILES string of the molecule is COCOc1cc(C2=CCOC2)ccc1-c1cnc(N(C)[C@H]2C[C@@H]3CC[C@H]([C@H]2F)N3C(=O)OC(C)(C)C)cn1. The van der Waals surface area contributed by atoms with E-state index < -0.39 is 29.9 Å². The molecule has 0 N–H and O–H groups in total. The molecule has 0 unspecified atom stereocenters. The maximum absolute atomic E-state index is 15.8. The van der Waals surface area contributed by atoms with Crippen LogP contribution in [0.1, 0.15) is 45.6 Å². The van der Waals surface area contributed by atoms with Gasteiger partial charge in [0.1, 0.15) is 23.3 Å². The fourth-order valence-corrected chi connectivity index (χ4v) is 5.67. The normalized spacial score (nSPS) is 24.5. The van der Waals surface area contributed by atoms with Crippen LogP contribution in [0.3, 0.4) is 0 Å². The Bertz CT molecular complexity index is 1220. The summed E-state index contributed by atoms with van der Waals surface area (Å²) in [5.41, 5.74) is 2.93. The lowest BCUT2D eigenvalue weighted by Gasteiger charge is -2.44. The number of rotatable bonds is 7. The fraction of sp³-hybridized carbons (Fsp3) is 0.552. The number of amides is 1. The first-order valence-electron chi connectivity index (χ1n) is 13.4. The maximum Gasteiger partial charge on any atom is 0.410 e. The highest BCUT2D eigenvalue weighted by Gasteiger charge is 2.52. The Hall–Kier alpha value is -3.24. The Morgan fingerprint density at radius 3 is 2.72 bits per heavy atom. The van der Waals surface area contributed by atoms with Crippen LogP contribution in [0.2, 0.25) is 0 Å². The number of carbonyl (C=O) groups excluding carboxylic acids is 1. The second-order valence-corrected chi connectivity index (χ2v) is 11.3. The molecule has 2 saturated heterocycles. The van der Waals surface area contributed by atoms with Crippen LogP contribution in [0.15, 0.2) is 36.7 Å². The summed E-state index contributed by atoms with van der Waals surface area (Å²) in [6.45, 7) is 6.75. The third-order valence-corrected chi connectivity index (χ3v) is 7.56. The van der Waals surface area contributed by atoms with Crippen LogP contribution in [0.25, 0.3) is 16.8 Å². The van der Waals surface area contributed by atoms with Gasteiger partial charge < -0.3 is 23.8 Å². The molecule has 1 aromatic heterocycles. The molecule has 4 atom stereocenters. The lowest BCUT2D eigenvalue weighted by molar-refractivity contribution is -0.0104. The molecule has 0 radical (unpaired) electrons. The Morgan fingerprint density at radius 1 is 1.23 bits per heavy atom. The summed E-state index contributed by atoms with van der Waals surface area (Å²) < 4.78 is 37.8. The molecule has 10 heteroatoms. The zero-order valence-electron chi connectivity index (χ0n) is 23.2. The van der Waals surface area contributed by atoms with Crippen molar-refractivity contribution in [2.45, 2.75) is 69.9 Å². The van der Waals surface area contributed by atoms with E-state index in [0.29, 0.717) is 43.3 Å². The Kier molecular flexibility index (Phi) is 7.77. The van der Waals surface area contributed by atoms with E-state index in [-0.39, 0.29) is 12.8 Å². The molecule has 2 bridgehead atoms. The van der Waals surface area contributed by atoms with Crippen LogP contribution in [0.5, 0.6) is 5.75 Å². The summed E-state index contributed by atoms with van der Waals surface area (Å²) >= 11 is 0. The molecule has 5 rings (SSSR count). The van der Waals surface area contributed by atoms with Gasteiger partial charge in [0.05, 0.1) is 43.4 Å². The number of nitrogens with zero attached hydrogens (tertiary/aromatic N) is 4. The standard InChI is InChI=1S/C29H37FN4O5/c1-29(2,3)39-28(35)34-20-7-9-23(34)27(30)24(13-20)33(4)26-15-31-22(14-32-26)21-8-6-18(19-10-11-37-16-19)12-25(21)38-17-36-5/h6,8,10,12,14-15,20,23-24,27H,7,9,11,13,16-17H2,1-5H3/t20-,23+,24-,27+/m0/s1. The smallest absolute Gasteiger partial charge is 0.410 e. The molecule has 0 spiro atoms.